The summed E-state index contributed by atoms with van der Waals surface area (Å²) in [5.41, 5.74) is 6.90. The van der Waals surface area contributed by atoms with E-state index in [0.717, 1.165) is 6.42 Å². The van der Waals surface area contributed by atoms with Crippen LogP contribution in [-0.4, -0.2) is 3.92 Å². The van der Waals surface area contributed by atoms with Crippen molar-refractivity contribution in [2.75, 3.05) is 0 Å². The van der Waals surface area contributed by atoms with Gasteiger partial charge in [0, 0.05) is 3.92 Å². The van der Waals surface area contributed by atoms with Crippen LogP contribution in [0, 0.1) is 6.92 Å². The summed E-state index contributed by atoms with van der Waals surface area (Å²) in [5.74, 6) is 0.594. The van der Waals surface area contributed by atoms with Crippen LogP contribution in [0.25, 0.3) is 11.1 Å². The third kappa shape index (κ3) is 3.85. The normalized spacial score (nSPS) is 12.7. The molecule has 0 aliphatic heterocycles. The van der Waals surface area contributed by atoms with Crippen molar-refractivity contribution in [1.29, 1.82) is 0 Å². The Hall–Kier alpha value is -0.830. The van der Waals surface area contributed by atoms with Gasteiger partial charge in [-0.2, -0.15) is 0 Å². The maximum absolute atomic E-state index is 2.48. The molecule has 1 heteroatoms. The second kappa shape index (κ2) is 6.75. The van der Waals surface area contributed by atoms with Gasteiger partial charge in [0.1, 0.15) is 0 Å². The van der Waals surface area contributed by atoms with Gasteiger partial charge < -0.3 is 0 Å². The molecule has 2 rings (SSSR count). The van der Waals surface area contributed by atoms with Crippen LogP contribution in [0.15, 0.2) is 42.5 Å². The van der Waals surface area contributed by atoms with Crippen LogP contribution in [0.3, 0.4) is 0 Å². The number of hydrogen-bond acceptors (Lipinski definition) is 0. The lowest BCUT2D eigenvalue weighted by Gasteiger charge is -2.12. The van der Waals surface area contributed by atoms with E-state index in [9.17, 15) is 0 Å². The fraction of sp³-hybridized carbons (Fsp3) is 0.368. The van der Waals surface area contributed by atoms with E-state index in [2.05, 4.69) is 92.8 Å². The minimum atomic E-state index is 0.594. The molecule has 0 aromatic heterocycles. The number of aryl methyl sites for hydroxylation is 1. The highest BCUT2D eigenvalue weighted by Gasteiger charge is 2.06. The average Bonchev–Trinajstić information content (AvgIpc) is 2.38. The first-order valence-electron chi connectivity index (χ1n) is 7.31. The minimum Gasteiger partial charge on any atom is -0.0826 e. The molecule has 0 saturated heterocycles. The molecule has 2 aromatic rings. The Morgan fingerprint density at radius 1 is 0.900 bits per heavy atom. The van der Waals surface area contributed by atoms with Gasteiger partial charge in [-0.15, -0.1) is 0 Å². The van der Waals surface area contributed by atoms with Gasteiger partial charge >= 0.3 is 0 Å². The smallest absolute Gasteiger partial charge is 0.0122 e. The molecule has 2 aromatic carbocycles. The summed E-state index contributed by atoms with van der Waals surface area (Å²) >= 11 is 2.48. The molecule has 1 unspecified atom stereocenters. The monoisotopic (exact) mass is 378 g/mol. The van der Waals surface area contributed by atoms with Gasteiger partial charge in [0.25, 0.3) is 0 Å². The standard InChI is InChI=1S/C19H23I/c1-13(2)19-10-9-18(11-14(19)3)17-7-5-16(6-8-17)12-15(4)20/h5-11,13,15H,12H2,1-4H3. The maximum atomic E-state index is 2.48. The van der Waals surface area contributed by atoms with Gasteiger partial charge in [0.05, 0.1) is 0 Å². The van der Waals surface area contributed by atoms with Crippen LogP contribution in [-0.2, 0) is 6.42 Å². The van der Waals surface area contributed by atoms with E-state index in [0.29, 0.717) is 9.84 Å². The van der Waals surface area contributed by atoms with Crippen molar-refractivity contribution in [3.63, 3.8) is 0 Å². The van der Waals surface area contributed by atoms with Crippen molar-refractivity contribution in [3.8, 4) is 11.1 Å². The summed E-state index contributed by atoms with van der Waals surface area (Å²) in [6, 6.07) is 15.8. The zero-order chi connectivity index (χ0) is 14.7. The Labute approximate surface area is 136 Å². The maximum Gasteiger partial charge on any atom is 0.0122 e. The lowest BCUT2D eigenvalue weighted by atomic mass is 9.93. The molecule has 20 heavy (non-hydrogen) atoms. The molecule has 106 valence electrons. The third-order valence-corrected chi connectivity index (χ3v) is 4.14. The highest BCUT2D eigenvalue weighted by atomic mass is 127. The summed E-state index contributed by atoms with van der Waals surface area (Å²) in [6.07, 6.45) is 1.14. The molecule has 0 heterocycles. The van der Waals surface area contributed by atoms with E-state index in [1.807, 2.05) is 0 Å². The van der Waals surface area contributed by atoms with Gasteiger partial charge in [-0.1, -0.05) is 85.8 Å². The minimum absolute atomic E-state index is 0.594. The first kappa shape index (κ1) is 15.6. The molecule has 0 N–H and O–H groups in total. The van der Waals surface area contributed by atoms with Crippen molar-refractivity contribution in [1.82, 2.24) is 0 Å². The van der Waals surface area contributed by atoms with Crippen LogP contribution in [0.2, 0.25) is 0 Å². The fourth-order valence-corrected chi connectivity index (χ4v) is 3.17. The molecule has 0 nitrogen and oxygen atoms in total. The number of alkyl halides is 1. The Morgan fingerprint density at radius 3 is 2.00 bits per heavy atom. The van der Waals surface area contributed by atoms with E-state index in [1.165, 1.54) is 27.8 Å². The number of benzene rings is 2. The molecule has 0 bridgehead atoms. The topological polar surface area (TPSA) is 0 Å². The first-order valence-corrected chi connectivity index (χ1v) is 8.56. The second-order valence-electron chi connectivity index (χ2n) is 5.91. The third-order valence-electron chi connectivity index (χ3n) is 3.70. The van der Waals surface area contributed by atoms with E-state index >= 15 is 0 Å². The molecule has 0 aliphatic carbocycles. The quantitative estimate of drug-likeness (QED) is 0.442. The van der Waals surface area contributed by atoms with Crippen molar-refractivity contribution < 1.29 is 0 Å². The molecule has 0 fully saturated rings. The summed E-state index contributed by atoms with van der Waals surface area (Å²) < 4.78 is 0.686. The molecule has 0 aliphatic rings. The first-order chi connectivity index (χ1) is 9.47. The zero-order valence-corrected chi connectivity index (χ0v) is 14.9. The SMILES string of the molecule is Cc1cc(-c2ccc(CC(C)I)cc2)ccc1C(C)C. The predicted molar refractivity (Wildman–Crippen MR) is 97.9 cm³/mol. The van der Waals surface area contributed by atoms with Crippen LogP contribution in [0.4, 0.5) is 0 Å². The number of rotatable bonds is 4. The van der Waals surface area contributed by atoms with Gasteiger partial charge in [-0.25, -0.2) is 0 Å². The van der Waals surface area contributed by atoms with Gasteiger partial charge in [0.15, 0.2) is 0 Å². The van der Waals surface area contributed by atoms with Crippen LogP contribution in [0.5, 0.6) is 0 Å². The highest BCUT2D eigenvalue weighted by molar-refractivity contribution is 14.1. The molecule has 0 amide bonds. The lowest BCUT2D eigenvalue weighted by molar-refractivity contribution is 0.857. The Kier molecular flexibility index (Phi) is 5.25. The Bertz CT molecular complexity index is 565. The van der Waals surface area contributed by atoms with E-state index < -0.39 is 0 Å². The lowest BCUT2D eigenvalue weighted by Crippen LogP contribution is -1.96. The summed E-state index contributed by atoms with van der Waals surface area (Å²) in [6.45, 7) is 8.97. The van der Waals surface area contributed by atoms with Crippen molar-refractivity contribution in [2.24, 2.45) is 0 Å². The highest BCUT2D eigenvalue weighted by Crippen LogP contribution is 2.26. The molecule has 0 saturated carbocycles. The Morgan fingerprint density at radius 2 is 1.50 bits per heavy atom. The van der Waals surface area contributed by atoms with Crippen LogP contribution < -0.4 is 0 Å². The largest absolute Gasteiger partial charge is 0.0826 e. The molecule has 0 radical (unpaired) electrons. The van der Waals surface area contributed by atoms with Crippen LogP contribution in [0.1, 0.15) is 43.4 Å². The molecule has 1 atom stereocenters. The zero-order valence-electron chi connectivity index (χ0n) is 12.8. The molecule has 0 spiro atoms. The van der Waals surface area contributed by atoms with E-state index in [4.69, 9.17) is 0 Å². The summed E-state index contributed by atoms with van der Waals surface area (Å²) in [4.78, 5) is 0. The van der Waals surface area contributed by atoms with Crippen molar-refractivity contribution in [2.45, 2.75) is 44.0 Å². The van der Waals surface area contributed by atoms with Gasteiger partial charge in [-0.05, 0) is 47.1 Å². The second-order valence-corrected chi connectivity index (χ2v) is 8.03. The van der Waals surface area contributed by atoms with Crippen molar-refractivity contribution >= 4 is 22.6 Å². The fourth-order valence-electron chi connectivity index (χ4n) is 2.66. The van der Waals surface area contributed by atoms with E-state index in [1.54, 1.807) is 0 Å². The van der Waals surface area contributed by atoms with Gasteiger partial charge in [-0.3, -0.25) is 0 Å². The molecular formula is C19H23I. The summed E-state index contributed by atoms with van der Waals surface area (Å²) in [7, 11) is 0. The Balaban J connectivity index is 2.25. The van der Waals surface area contributed by atoms with E-state index in [-0.39, 0.29) is 0 Å². The number of hydrogen-bond donors (Lipinski definition) is 0. The predicted octanol–water partition coefficient (Wildman–Crippen LogP) is 6.15. The summed E-state index contributed by atoms with van der Waals surface area (Å²) in [5, 5.41) is 0. The van der Waals surface area contributed by atoms with Gasteiger partial charge in [0.2, 0.25) is 0 Å². The number of halogens is 1. The molecular weight excluding hydrogens is 355 g/mol. The van der Waals surface area contributed by atoms with Crippen LogP contribution >= 0.6 is 22.6 Å². The van der Waals surface area contributed by atoms with Crippen molar-refractivity contribution in [3.05, 3.63) is 59.2 Å². The average molecular weight is 378 g/mol.